The molecule has 3 nitrogen and oxygen atoms in total. The fourth-order valence-electron chi connectivity index (χ4n) is 0.911. The predicted octanol–water partition coefficient (Wildman–Crippen LogP) is 2.13. The number of rotatable bonds is 2. The van der Waals surface area contributed by atoms with Gasteiger partial charge in [0, 0.05) is 8.95 Å². The Bertz CT molecular complexity index is 356. The van der Waals surface area contributed by atoms with E-state index in [9.17, 15) is 0 Å². The molecule has 0 aliphatic heterocycles. The molecule has 4 N–H and O–H groups in total. The number of nitrogens with zero attached hydrogens (tertiary/aromatic N) is 1. The molecule has 0 saturated heterocycles. The van der Waals surface area contributed by atoms with Gasteiger partial charge >= 0.3 is 0 Å². The van der Waals surface area contributed by atoms with E-state index in [1.807, 2.05) is 18.2 Å². The normalized spacial score (nSPS) is 9.93. The molecule has 0 fully saturated rings. The van der Waals surface area contributed by atoms with Gasteiger partial charge in [0.2, 0.25) is 0 Å². The topological polar surface area (TPSA) is 55.3 Å². The van der Waals surface area contributed by atoms with Gasteiger partial charge in [-0.2, -0.15) is 0 Å². The Morgan fingerprint density at radius 1 is 1.43 bits per heavy atom. The molecular weight excluding hydrogens is 330 g/mol. The molecule has 0 aromatic heterocycles. The Balaban J connectivity index is 2.82. The van der Waals surface area contributed by atoms with Crippen LogP contribution in [-0.2, 0) is 6.54 Å². The zero-order valence-corrected chi connectivity index (χ0v) is 11.2. The van der Waals surface area contributed by atoms with Crippen LogP contribution in [0.15, 0.2) is 27.1 Å². The van der Waals surface area contributed by atoms with Crippen molar-refractivity contribution >= 4 is 49.2 Å². The molecule has 0 spiro atoms. The predicted molar refractivity (Wildman–Crippen MR) is 68.4 cm³/mol. The van der Waals surface area contributed by atoms with Gasteiger partial charge in [-0.15, -0.1) is 0 Å². The third kappa shape index (κ3) is 3.20. The molecule has 14 heavy (non-hydrogen) atoms. The average Bonchev–Trinajstić information content (AvgIpc) is 2.09. The zero-order chi connectivity index (χ0) is 10.7. The van der Waals surface area contributed by atoms with Crippen LogP contribution >= 0.6 is 44.1 Å². The first-order valence-electron chi connectivity index (χ1n) is 3.76. The summed E-state index contributed by atoms with van der Waals surface area (Å²) in [5.74, 6) is 5.59. The first-order valence-corrected chi connectivity index (χ1v) is 5.75. The van der Waals surface area contributed by atoms with Gasteiger partial charge in [0.1, 0.15) is 0 Å². The van der Waals surface area contributed by atoms with Crippen LogP contribution in [0.5, 0.6) is 0 Å². The molecule has 0 atom stereocenters. The largest absolute Gasteiger partial charge is 0.375 e. The lowest BCUT2D eigenvalue weighted by Gasteiger charge is -2.16. The molecule has 0 unspecified atom stereocenters. The van der Waals surface area contributed by atoms with Crippen molar-refractivity contribution in [3.05, 3.63) is 32.7 Å². The Hall–Kier alpha value is -0.170. The summed E-state index contributed by atoms with van der Waals surface area (Å²) in [4.78, 5) is 0. The SMILES string of the molecule is NC(=S)N(N)Cc1ccc(Br)cc1Br. The lowest BCUT2D eigenvalue weighted by molar-refractivity contribution is 0.436. The Morgan fingerprint density at radius 2 is 2.07 bits per heavy atom. The van der Waals surface area contributed by atoms with Gasteiger partial charge in [-0.05, 0) is 29.9 Å². The van der Waals surface area contributed by atoms with Crippen LogP contribution < -0.4 is 11.6 Å². The fraction of sp³-hybridized carbons (Fsp3) is 0.125. The second-order valence-electron chi connectivity index (χ2n) is 2.70. The van der Waals surface area contributed by atoms with Crippen molar-refractivity contribution in [2.75, 3.05) is 0 Å². The van der Waals surface area contributed by atoms with Crippen molar-refractivity contribution in [2.45, 2.75) is 6.54 Å². The van der Waals surface area contributed by atoms with E-state index in [4.69, 9.17) is 23.8 Å². The van der Waals surface area contributed by atoms with Crippen molar-refractivity contribution in [3.63, 3.8) is 0 Å². The molecular formula is C8H9Br2N3S. The lowest BCUT2D eigenvalue weighted by atomic mass is 10.2. The number of thiocarbonyl (C=S) groups is 1. The highest BCUT2D eigenvalue weighted by Crippen LogP contribution is 2.22. The molecule has 1 aromatic rings. The maximum absolute atomic E-state index is 5.59. The van der Waals surface area contributed by atoms with Crippen molar-refractivity contribution in [1.29, 1.82) is 0 Å². The van der Waals surface area contributed by atoms with Crippen molar-refractivity contribution in [3.8, 4) is 0 Å². The third-order valence-electron chi connectivity index (χ3n) is 1.64. The molecule has 0 amide bonds. The van der Waals surface area contributed by atoms with Gasteiger partial charge in [-0.3, -0.25) is 5.01 Å². The number of halogens is 2. The van der Waals surface area contributed by atoms with Crippen molar-refractivity contribution < 1.29 is 0 Å². The number of hydrogen-bond donors (Lipinski definition) is 2. The van der Waals surface area contributed by atoms with E-state index in [1.165, 1.54) is 5.01 Å². The van der Waals surface area contributed by atoms with Crippen LogP contribution in [0.2, 0.25) is 0 Å². The number of hydrogen-bond acceptors (Lipinski definition) is 2. The molecule has 0 saturated carbocycles. The van der Waals surface area contributed by atoms with Crippen LogP contribution in [0.3, 0.4) is 0 Å². The Morgan fingerprint density at radius 3 is 2.57 bits per heavy atom. The van der Waals surface area contributed by atoms with Gasteiger partial charge in [-0.25, -0.2) is 5.84 Å². The summed E-state index contributed by atoms with van der Waals surface area (Å²) in [5, 5.41) is 1.50. The van der Waals surface area contributed by atoms with E-state index in [1.54, 1.807) is 0 Å². The number of benzene rings is 1. The fourth-order valence-corrected chi connectivity index (χ4v) is 2.15. The van der Waals surface area contributed by atoms with E-state index in [0.29, 0.717) is 6.54 Å². The quantitative estimate of drug-likeness (QED) is 0.493. The maximum Gasteiger partial charge on any atom is 0.180 e. The molecule has 1 rings (SSSR count). The van der Waals surface area contributed by atoms with Crippen LogP contribution in [0.25, 0.3) is 0 Å². The molecule has 0 heterocycles. The summed E-state index contributed by atoms with van der Waals surface area (Å²) in [6, 6.07) is 5.84. The highest BCUT2D eigenvalue weighted by Gasteiger charge is 2.05. The summed E-state index contributed by atoms with van der Waals surface area (Å²) < 4.78 is 1.98. The van der Waals surface area contributed by atoms with Crippen LogP contribution in [0.1, 0.15) is 5.56 Å². The van der Waals surface area contributed by atoms with E-state index in [-0.39, 0.29) is 5.11 Å². The monoisotopic (exact) mass is 337 g/mol. The van der Waals surface area contributed by atoms with Crippen molar-refractivity contribution in [2.24, 2.45) is 11.6 Å². The lowest BCUT2D eigenvalue weighted by Crippen LogP contribution is -2.40. The summed E-state index contributed by atoms with van der Waals surface area (Å²) in [6.07, 6.45) is 0. The maximum atomic E-state index is 5.59. The first-order chi connectivity index (χ1) is 6.50. The van der Waals surface area contributed by atoms with Gasteiger partial charge in [0.25, 0.3) is 0 Å². The van der Waals surface area contributed by atoms with E-state index >= 15 is 0 Å². The van der Waals surface area contributed by atoms with Crippen LogP contribution in [0.4, 0.5) is 0 Å². The minimum atomic E-state index is 0.180. The van der Waals surface area contributed by atoms with Gasteiger partial charge < -0.3 is 5.73 Å². The summed E-state index contributed by atoms with van der Waals surface area (Å²) in [6.45, 7) is 0.489. The summed E-state index contributed by atoms with van der Waals surface area (Å²) in [7, 11) is 0. The molecule has 0 aliphatic carbocycles. The Labute approximate surface area is 105 Å². The van der Waals surface area contributed by atoms with Gasteiger partial charge in [0.15, 0.2) is 5.11 Å². The third-order valence-corrected chi connectivity index (χ3v) is 3.10. The van der Waals surface area contributed by atoms with E-state index < -0.39 is 0 Å². The smallest absolute Gasteiger partial charge is 0.180 e. The Kier molecular flexibility index (Phi) is 4.31. The zero-order valence-electron chi connectivity index (χ0n) is 7.21. The molecule has 0 radical (unpaired) electrons. The molecule has 6 heteroatoms. The minimum absolute atomic E-state index is 0.180. The van der Waals surface area contributed by atoms with Gasteiger partial charge in [-0.1, -0.05) is 37.9 Å². The molecule has 1 aromatic carbocycles. The van der Waals surface area contributed by atoms with Crippen LogP contribution in [0, 0.1) is 0 Å². The first kappa shape index (κ1) is 11.9. The molecule has 76 valence electrons. The number of nitrogens with two attached hydrogens (primary N) is 2. The summed E-state index contributed by atoms with van der Waals surface area (Å²) >= 11 is 11.5. The average molecular weight is 339 g/mol. The summed E-state index contributed by atoms with van der Waals surface area (Å²) in [5.41, 5.74) is 6.40. The van der Waals surface area contributed by atoms with Crippen LogP contribution in [-0.4, -0.2) is 10.1 Å². The number of hydrazine groups is 1. The highest BCUT2D eigenvalue weighted by molar-refractivity contribution is 9.11. The standard InChI is InChI=1S/C8H9Br2N3S/c9-6-2-1-5(7(10)3-6)4-13(12)8(11)14/h1-3H,4,12H2,(H2,11,14). The second kappa shape index (κ2) is 5.06. The molecule has 0 aliphatic rings. The van der Waals surface area contributed by atoms with E-state index in [2.05, 4.69) is 31.9 Å². The second-order valence-corrected chi connectivity index (χ2v) is 4.89. The van der Waals surface area contributed by atoms with Crippen molar-refractivity contribution in [1.82, 2.24) is 5.01 Å². The van der Waals surface area contributed by atoms with Gasteiger partial charge in [0.05, 0.1) is 6.54 Å². The molecule has 0 bridgehead atoms. The van der Waals surface area contributed by atoms with E-state index in [0.717, 1.165) is 14.5 Å². The minimum Gasteiger partial charge on any atom is -0.375 e. The highest BCUT2D eigenvalue weighted by atomic mass is 79.9.